The normalized spacial score (nSPS) is 11.4. The quantitative estimate of drug-likeness (QED) is 0.865. The molecular formula is C15H17BrN2O2. The Balaban J connectivity index is 2.31. The van der Waals surface area contributed by atoms with E-state index in [1.807, 2.05) is 39.0 Å². The van der Waals surface area contributed by atoms with E-state index in [4.69, 9.17) is 9.84 Å². The van der Waals surface area contributed by atoms with E-state index in [0.29, 0.717) is 22.1 Å². The first-order valence-corrected chi connectivity index (χ1v) is 7.10. The molecule has 0 bridgehead atoms. The summed E-state index contributed by atoms with van der Waals surface area (Å²) in [5.41, 5.74) is 0.640. The maximum absolute atomic E-state index is 9.13. The van der Waals surface area contributed by atoms with E-state index in [0.717, 1.165) is 5.56 Å². The highest BCUT2D eigenvalue weighted by Crippen LogP contribution is 2.26. The highest BCUT2D eigenvalue weighted by molar-refractivity contribution is 9.10. The Morgan fingerprint density at radius 1 is 1.20 bits per heavy atom. The van der Waals surface area contributed by atoms with Crippen molar-refractivity contribution in [3.05, 3.63) is 46.3 Å². The van der Waals surface area contributed by atoms with Gasteiger partial charge in [-0.15, -0.1) is 0 Å². The minimum Gasteiger partial charge on any atom is -0.439 e. The number of rotatable bonds is 3. The predicted octanol–water partition coefficient (Wildman–Crippen LogP) is 3.82. The van der Waals surface area contributed by atoms with Crippen molar-refractivity contribution >= 4 is 15.9 Å². The molecule has 0 saturated heterocycles. The van der Waals surface area contributed by atoms with E-state index in [1.54, 1.807) is 12.1 Å². The third kappa shape index (κ3) is 3.77. The van der Waals surface area contributed by atoms with Crippen molar-refractivity contribution < 1.29 is 9.84 Å². The van der Waals surface area contributed by atoms with Crippen LogP contribution in [0.3, 0.4) is 0 Å². The summed E-state index contributed by atoms with van der Waals surface area (Å²) in [6.07, 6.45) is 0. The van der Waals surface area contributed by atoms with Crippen molar-refractivity contribution in [2.45, 2.75) is 32.8 Å². The predicted molar refractivity (Wildman–Crippen MR) is 80.9 cm³/mol. The number of aliphatic hydroxyl groups is 1. The van der Waals surface area contributed by atoms with E-state index < -0.39 is 0 Å². The smallest absolute Gasteiger partial charge is 0.223 e. The maximum Gasteiger partial charge on any atom is 0.223 e. The summed E-state index contributed by atoms with van der Waals surface area (Å²) < 4.78 is 6.43. The molecule has 0 unspecified atom stereocenters. The minimum atomic E-state index is -0.158. The molecule has 1 N–H and O–H groups in total. The molecule has 106 valence electrons. The zero-order chi connectivity index (χ0) is 14.8. The van der Waals surface area contributed by atoms with Crippen molar-refractivity contribution in [3.8, 4) is 11.6 Å². The summed E-state index contributed by atoms with van der Waals surface area (Å²) in [4.78, 5) is 8.80. The van der Waals surface area contributed by atoms with Gasteiger partial charge >= 0.3 is 0 Å². The number of halogens is 1. The second-order valence-corrected chi connectivity index (χ2v) is 6.32. The molecule has 0 amide bonds. The van der Waals surface area contributed by atoms with Gasteiger partial charge in [-0.2, -0.15) is 4.98 Å². The number of aromatic nitrogens is 2. The van der Waals surface area contributed by atoms with Gasteiger partial charge in [-0.25, -0.2) is 4.98 Å². The van der Waals surface area contributed by atoms with Crippen LogP contribution in [0.25, 0.3) is 0 Å². The van der Waals surface area contributed by atoms with Crippen LogP contribution >= 0.6 is 15.9 Å². The Hall–Kier alpha value is -1.46. The van der Waals surface area contributed by atoms with Crippen LogP contribution in [0.5, 0.6) is 11.6 Å². The van der Waals surface area contributed by atoms with Crippen molar-refractivity contribution in [1.29, 1.82) is 0 Å². The molecule has 5 heteroatoms. The molecule has 1 aromatic carbocycles. The van der Waals surface area contributed by atoms with Crippen LogP contribution in [0.4, 0.5) is 0 Å². The molecule has 1 aromatic heterocycles. The van der Waals surface area contributed by atoms with Crippen LogP contribution in [0, 0.1) is 0 Å². The lowest BCUT2D eigenvalue weighted by Crippen LogP contribution is -2.16. The monoisotopic (exact) mass is 336 g/mol. The number of nitrogens with zero attached hydrogens (tertiary/aromatic N) is 2. The van der Waals surface area contributed by atoms with Crippen LogP contribution in [-0.2, 0) is 12.0 Å². The van der Waals surface area contributed by atoms with Gasteiger partial charge in [-0.05, 0) is 33.6 Å². The van der Waals surface area contributed by atoms with Gasteiger partial charge in [0.05, 0.1) is 6.61 Å². The third-order valence-corrected chi connectivity index (χ3v) is 3.05. The van der Waals surface area contributed by atoms with Crippen LogP contribution in [0.2, 0.25) is 0 Å². The van der Waals surface area contributed by atoms with Crippen LogP contribution in [-0.4, -0.2) is 15.1 Å². The summed E-state index contributed by atoms with van der Waals surface area (Å²) in [6.45, 7) is 6.12. The molecule has 0 fully saturated rings. The SMILES string of the molecule is CC(C)(C)c1nc(Br)cc(Oc2cccc(CO)c2)n1. The fourth-order valence-corrected chi connectivity index (χ4v) is 1.98. The molecule has 2 aromatic rings. The van der Waals surface area contributed by atoms with Gasteiger partial charge < -0.3 is 9.84 Å². The number of benzene rings is 1. The topological polar surface area (TPSA) is 55.2 Å². The minimum absolute atomic E-state index is 0.0160. The summed E-state index contributed by atoms with van der Waals surface area (Å²) >= 11 is 3.38. The average Bonchev–Trinajstić information content (AvgIpc) is 2.37. The lowest BCUT2D eigenvalue weighted by Gasteiger charge is -2.17. The maximum atomic E-state index is 9.13. The number of ether oxygens (including phenoxy) is 1. The lowest BCUT2D eigenvalue weighted by molar-refractivity contribution is 0.281. The van der Waals surface area contributed by atoms with Gasteiger partial charge in [0.1, 0.15) is 16.2 Å². The molecule has 0 saturated carbocycles. The standard InChI is InChI=1S/C15H17BrN2O2/c1-15(2,3)14-17-12(16)8-13(18-14)20-11-6-4-5-10(7-11)9-19/h4-8,19H,9H2,1-3H3. The van der Waals surface area contributed by atoms with Gasteiger partial charge in [0.2, 0.25) is 5.88 Å². The van der Waals surface area contributed by atoms with E-state index in [1.165, 1.54) is 0 Å². The second-order valence-electron chi connectivity index (χ2n) is 5.51. The molecule has 0 aliphatic rings. The average molecular weight is 337 g/mol. The summed E-state index contributed by atoms with van der Waals surface area (Å²) in [5.74, 6) is 1.83. The molecule has 1 heterocycles. The second kappa shape index (κ2) is 5.89. The molecule has 0 aliphatic heterocycles. The van der Waals surface area contributed by atoms with Crippen molar-refractivity contribution in [3.63, 3.8) is 0 Å². The largest absolute Gasteiger partial charge is 0.439 e. The zero-order valence-electron chi connectivity index (χ0n) is 11.7. The van der Waals surface area contributed by atoms with E-state index in [9.17, 15) is 0 Å². The van der Waals surface area contributed by atoms with Crippen molar-refractivity contribution in [2.24, 2.45) is 0 Å². The van der Waals surface area contributed by atoms with Gasteiger partial charge in [-0.3, -0.25) is 0 Å². The van der Waals surface area contributed by atoms with E-state index in [2.05, 4.69) is 25.9 Å². The zero-order valence-corrected chi connectivity index (χ0v) is 13.3. The lowest BCUT2D eigenvalue weighted by atomic mass is 9.96. The van der Waals surface area contributed by atoms with E-state index >= 15 is 0 Å². The van der Waals surface area contributed by atoms with Crippen molar-refractivity contribution in [2.75, 3.05) is 0 Å². The highest BCUT2D eigenvalue weighted by Gasteiger charge is 2.19. The summed E-state index contributed by atoms with van der Waals surface area (Å²) in [5, 5.41) is 9.13. The number of hydrogen-bond donors (Lipinski definition) is 1. The molecule has 0 aliphatic carbocycles. The van der Waals surface area contributed by atoms with Crippen LogP contribution in [0.15, 0.2) is 34.9 Å². The first-order valence-electron chi connectivity index (χ1n) is 6.31. The summed E-state index contributed by atoms with van der Waals surface area (Å²) in [6, 6.07) is 9.00. The Morgan fingerprint density at radius 3 is 2.60 bits per heavy atom. The van der Waals surface area contributed by atoms with Gasteiger partial charge in [0, 0.05) is 11.5 Å². The van der Waals surface area contributed by atoms with Crippen LogP contribution in [0.1, 0.15) is 32.2 Å². The first kappa shape index (κ1) is 14.9. The molecule has 0 spiro atoms. The molecule has 0 radical (unpaired) electrons. The molecule has 0 atom stereocenters. The number of hydrogen-bond acceptors (Lipinski definition) is 4. The fourth-order valence-electron chi connectivity index (χ4n) is 1.61. The number of aliphatic hydroxyl groups excluding tert-OH is 1. The van der Waals surface area contributed by atoms with Crippen LogP contribution < -0.4 is 4.74 Å². The Kier molecular flexibility index (Phi) is 4.40. The highest BCUT2D eigenvalue weighted by atomic mass is 79.9. The van der Waals surface area contributed by atoms with Gasteiger partial charge in [0.15, 0.2) is 0 Å². The van der Waals surface area contributed by atoms with Gasteiger partial charge in [-0.1, -0.05) is 32.9 Å². The third-order valence-electron chi connectivity index (χ3n) is 2.65. The summed E-state index contributed by atoms with van der Waals surface area (Å²) in [7, 11) is 0. The van der Waals surface area contributed by atoms with E-state index in [-0.39, 0.29) is 12.0 Å². The first-order chi connectivity index (χ1) is 9.38. The fraction of sp³-hybridized carbons (Fsp3) is 0.333. The molecular weight excluding hydrogens is 320 g/mol. The Morgan fingerprint density at radius 2 is 1.95 bits per heavy atom. The van der Waals surface area contributed by atoms with Crippen molar-refractivity contribution in [1.82, 2.24) is 9.97 Å². The Bertz CT molecular complexity index is 609. The molecule has 2 rings (SSSR count). The molecule has 20 heavy (non-hydrogen) atoms. The molecule has 4 nitrogen and oxygen atoms in total. The van der Waals surface area contributed by atoms with Gasteiger partial charge in [0.25, 0.3) is 0 Å². The Labute approximate surface area is 127 Å².